The molecule has 0 saturated heterocycles. The van der Waals surface area contributed by atoms with Crippen LogP contribution in [0.3, 0.4) is 0 Å². The number of nitrogens with zero attached hydrogens (tertiary/aromatic N) is 4. The Labute approximate surface area is 203 Å². The van der Waals surface area contributed by atoms with Gasteiger partial charge in [0.25, 0.3) is 0 Å². The first kappa shape index (κ1) is 23.5. The van der Waals surface area contributed by atoms with E-state index in [4.69, 9.17) is 10.3 Å². The predicted octanol–water partition coefficient (Wildman–Crippen LogP) is 3.14. The molecule has 0 spiro atoms. The summed E-state index contributed by atoms with van der Waals surface area (Å²) in [5.41, 5.74) is 11.1. The summed E-state index contributed by atoms with van der Waals surface area (Å²) in [5.74, 6) is 0.873. The maximum Gasteiger partial charge on any atom is 0.240 e. The zero-order valence-corrected chi connectivity index (χ0v) is 20.6. The molecule has 4 aromatic rings. The molecule has 0 atom stereocenters. The highest BCUT2D eigenvalue weighted by molar-refractivity contribution is 7.89. The molecular formula is C24H28N6O4S. The van der Waals surface area contributed by atoms with Crippen LogP contribution < -0.4 is 10.5 Å². The Kier molecular flexibility index (Phi) is 5.86. The highest BCUT2D eigenvalue weighted by Crippen LogP contribution is 2.32. The molecule has 1 aliphatic rings. The van der Waals surface area contributed by atoms with Crippen LogP contribution >= 0.6 is 0 Å². The number of aliphatic hydroxyl groups is 1. The number of hydrogen-bond acceptors (Lipinski definition) is 8. The predicted molar refractivity (Wildman–Crippen MR) is 131 cm³/mol. The van der Waals surface area contributed by atoms with Crippen LogP contribution in [0.15, 0.2) is 40.0 Å². The number of rotatable bonds is 5. The minimum atomic E-state index is -3.74. The van der Waals surface area contributed by atoms with Crippen LogP contribution in [0, 0.1) is 20.8 Å². The molecule has 10 nitrogen and oxygen atoms in total. The molecule has 184 valence electrons. The molecule has 0 amide bonds. The summed E-state index contributed by atoms with van der Waals surface area (Å²) in [6.07, 6.45) is 5.54. The first-order valence-corrected chi connectivity index (χ1v) is 13.0. The normalized spacial score (nSPS) is 18.9. The Morgan fingerprint density at radius 2 is 1.91 bits per heavy atom. The molecule has 1 aromatic carbocycles. The number of benzene rings is 1. The summed E-state index contributed by atoms with van der Waals surface area (Å²) in [4.78, 5) is 9.11. The summed E-state index contributed by atoms with van der Waals surface area (Å²) in [5, 5.41) is 13.7. The third-order valence-corrected chi connectivity index (χ3v) is 8.14. The van der Waals surface area contributed by atoms with Gasteiger partial charge in [0.05, 0.1) is 39.8 Å². The number of nitrogens with one attached hydrogen (secondary N) is 1. The fraction of sp³-hybridized carbons (Fsp3) is 0.375. The van der Waals surface area contributed by atoms with Crippen molar-refractivity contribution in [3.8, 4) is 22.5 Å². The number of anilines is 1. The maximum absolute atomic E-state index is 13.2. The SMILES string of the molecule is Cc1ccc(S(=O)(=O)NC2CCC(O)CC2)cc1-c1cnc2c(N)nc(-c3c(C)noc3C)cn12. The fourth-order valence-electron chi connectivity index (χ4n) is 4.71. The van der Waals surface area contributed by atoms with Crippen molar-refractivity contribution in [2.75, 3.05) is 5.73 Å². The largest absolute Gasteiger partial charge is 0.393 e. The van der Waals surface area contributed by atoms with Crippen molar-refractivity contribution in [1.82, 2.24) is 24.2 Å². The summed E-state index contributed by atoms with van der Waals surface area (Å²) < 4.78 is 36.3. The molecule has 3 heterocycles. The maximum atomic E-state index is 13.2. The van der Waals surface area contributed by atoms with E-state index in [0.717, 1.165) is 16.7 Å². The fourth-order valence-corrected chi connectivity index (χ4v) is 6.04. The number of imidazole rings is 1. The first-order valence-electron chi connectivity index (χ1n) is 11.5. The van der Waals surface area contributed by atoms with E-state index in [2.05, 4.69) is 19.8 Å². The van der Waals surface area contributed by atoms with E-state index in [1.807, 2.05) is 31.4 Å². The smallest absolute Gasteiger partial charge is 0.240 e. The van der Waals surface area contributed by atoms with E-state index in [-0.39, 0.29) is 22.9 Å². The van der Waals surface area contributed by atoms with E-state index >= 15 is 0 Å². The van der Waals surface area contributed by atoms with Gasteiger partial charge in [-0.15, -0.1) is 0 Å². The van der Waals surface area contributed by atoms with E-state index in [1.165, 1.54) is 0 Å². The number of aryl methyl sites for hydroxylation is 3. The molecule has 11 heteroatoms. The van der Waals surface area contributed by atoms with Gasteiger partial charge in [0, 0.05) is 17.8 Å². The molecule has 5 rings (SSSR count). The van der Waals surface area contributed by atoms with Gasteiger partial charge in [-0.3, -0.25) is 4.40 Å². The topological polar surface area (TPSA) is 149 Å². The number of fused-ring (bicyclic) bond motifs is 1. The minimum absolute atomic E-state index is 0.173. The second-order valence-corrected chi connectivity index (χ2v) is 10.9. The zero-order valence-electron chi connectivity index (χ0n) is 19.8. The Hall–Kier alpha value is -3.28. The van der Waals surface area contributed by atoms with Gasteiger partial charge in [-0.25, -0.2) is 23.1 Å². The van der Waals surface area contributed by atoms with Gasteiger partial charge in [0.15, 0.2) is 11.5 Å². The third kappa shape index (κ3) is 4.30. The average molecular weight is 497 g/mol. The lowest BCUT2D eigenvalue weighted by Gasteiger charge is -2.26. The van der Waals surface area contributed by atoms with E-state index in [0.29, 0.717) is 54.2 Å². The Bertz CT molecular complexity index is 1500. The van der Waals surface area contributed by atoms with Crippen LogP contribution in [0.2, 0.25) is 0 Å². The van der Waals surface area contributed by atoms with Gasteiger partial charge in [0.1, 0.15) is 5.76 Å². The van der Waals surface area contributed by atoms with Crippen molar-refractivity contribution < 1.29 is 18.0 Å². The van der Waals surface area contributed by atoms with Crippen LogP contribution in [0.4, 0.5) is 5.82 Å². The third-order valence-electron chi connectivity index (χ3n) is 6.62. The quantitative estimate of drug-likeness (QED) is 0.381. The van der Waals surface area contributed by atoms with Gasteiger partial charge in [0.2, 0.25) is 10.0 Å². The van der Waals surface area contributed by atoms with Crippen molar-refractivity contribution in [2.24, 2.45) is 0 Å². The highest BCUT2D eigenvalue weighted by atomic mass is 32.2. The highest BCUT2D eigenvalue weighted by Gasteiger charge is 2.26. The molecule has 1 fully saturated rings. The molecular weight excluding hydrogens is 468 g/mol. The number of sulfonamides is 1. The van der Waals surface area contributed by atoms with E-state index in [1.54, 1.807) is 24.4 Å². The lowest BCUT2D eigenvalue weighted by atomic mass is 9.94. The summed E-state index contributed by atoms with van der Waals surface area (Å²) in [6.45, 7) is 5.56. The molecule has 3 aromatic heterocycles. The van der Waals surface area contributed by atoms with E-state index < -0.39 is 10.0 Å². The number of hydrogen-bond donors (Lipinski definition) is 3. The molecule has 0 radical (unpaired) electrons. The Morgan fingerprint density at radius 1 is 1.17 bits per heavy atom. The molecule has 1 aliphatic carbocycles. The Morgan fingerprint density at radius 3 is 2.60 bits per heavy atom. The van der Waals surface area contributed by atoms with Crippen LogP contribution in [0.1, 0.15) is 42.7 Å². The number of nitrogens with two attached hydrogens (primary N) is 1. The van der Waals surface area contributed by atoms with E-state index in [9.17, 15) is 13.5 Å². The average Bonchev–Trinajstić information content (AvgIpc) is 3.38. The lowest BCUT2D eigenvalue weighted by molar-refractivity contribution is 0.120. The summed E-state index contributed by atoms with van der Waals surface area (Å²) >= 11 is 0. The number of aromatic nitrogens is 4. The van der Waals surface area contributed by atoms with Gasteiger partial charge in [-0.1, -0.05) is 11.2 Å². The molecule has 0 unspecified atom stereocenters. The monoisotopic (exact) mass is 496 g/mol. The van der Waals surface area contributed by atoms with Crippen molar-refractivity contribution in [2.45, 2.75) is 63.5 Å². The molecule has 35 heavy (non-hydrogen) atoms. The van der Waals surface area contributed by atoms with Gasteiger partial charge < -0.3 is 15.4 Å². The zero-order chi connectivity index (χ0) is 24.9. The van der Waals surface area contributed by atoms with Crippen molar-refractivity contribution in [3.05, 3.63) is 47.6 Å². The lowest BCUT2D eigenvalue weighted by Crippen LogP contribution is -2.38. The summed E-state index contributed by atoms with van der Waals surface area (Å²) in [6, 6.07) is 4.86. The van der Waals surface area contributed by atoms with Crippen LogP contribution in [0.25, 0.3) is 28.2 Å². The molecule has 0 aliphatic heterocycles. The van der Waals surface area contributed by atoms with Crippen molar-refractivity contribution in [3.63, 3.8) is 0 Å². The first-order chi connectivity index (χ1) is 16.6. The minimum Gasteiger partial charge on any atom is -0.393 e. The molecule has 0 bridgehead atoms. The van der Waals surface area contributed by atoms with Gasteiger partial charge in [-0.2, -0.15) is 0 Å². The number of nitrogen functional groups attached to an aromatic ring is 1. The Balaban J connectivity index is 1.57. The molecule has 4 N–H and O–H groups in total. The van der Waals surface area contributed by atoms with Crippen molar-refractivity contribution >= 4 is 21.5 Å². The van der Waals surface area contributed by atoms with Crippen molar-refractivity contribution in [1.29, 1.82) is 0 Å². The standard InChI is InChI=1S/C24H28N6O4S/c1-13-4-9-18(35(32,33)29-16-5-7-17(31)8-6-16)10-19(13)21-11-26-24-23(25)27-20(12-30(21)24)22-14(2)28-34-15(22)3/h4,9-12,16-17,29,31H,5-8H2,1-3H3,(H2,25,27). The molecule has 1 saturated carbocycles. The van der Waals surface area contributed by atoms with Crippen LogP contribution in [0.5, 0.6) is 0 Å². The van der Waals surface area contributed by atoms with Crippen LogP contribution in [-0.2, 0) is 10.0 Å². The number of aliphatic hydroxyl groups excluding tert-OH is 1. The van der Waals surface area contributed by atoms with Gasteiger partial charge >= 0.3 is 0 Å². The van der Waals surface area contributed by atoms with Crippen LogP contribution in [-0.4, -0.2) is 45.2 Å². The van der Waals surface area contributed by atoms with Gasteiger partial charge in [-0.05, 0) is 64.2 Å². The summed E-state index contributed by atoms with van der Waals surface area (Å²) in [7, 11) is -3.74. The second kappa shape index (κ2) is 8.74. The second-order valence-electron chi connectivity index (χ2n) is 9.15.